The highest BCUT2D eigenvalue weighted by molar-refractivity contribution is 7.86. The summed E-state index contributed by atoms with van der Waals surface area (Å²) >= 11 is 0. The molecular weight excluding hydrogens is 482 g/mol. The number of rotatable bonds is 8. The summed E-state index contributed by atoms with van der Waals surface area (Å²) < 4.78 is 44.1. The molecule has 0 heterocycles. The van der Waals surface area contributed by atoms with Gasteiger partial charge in [-0.05, 0) is 37.3 Å². The van der Waals surface area contributed by atoms with Gasteiger partial charge in [-0.3, -0.25) is 14.7 Å². The average molecular weight is 501 g/mol. The van der Waals surface area contributed by atoms with E-state index in [9.17, 15) is 28.2 Å². The molecular formula is C21H19N5O8S. The molecule has 0 amide bonds. The molecule has 0 bridgehead atoms. The van der Waals surface area contributed by atoms with E-state index in [-0.39, 0.29) is 45.6 Å². The van der Waals surface area contributed by atoms with Crippen molar-refractivity contribution in [3.05, 3.63) is 64.2 Å². The van der Waals surface area contributed by atoms with Gasteiger partial charge in [0.15, 0.2) is 0 Å². The lowest BCUT2D eigenvalue weighted by molar-refractivity contribution is -0.385. The van der Waals surface area contributed by atoms with Gasteiger partial charge in [-0.2, -0.15) is 13.5 Å². The Hall–Kier alpha value is -4.43. The quantitative estimate of drug-likeness (QED) is 0.170. The van der Waals surface area contributed by atoms with Gasteiger partial charge in [0.25, 0.3) is 15.8 Å². The molecule has 3 rings (SSSR count). The second-order valence-corrected chi connectivity index (χ2v) is 8.32. The first-order valence-electron chi connectivity index (χ1n) is 9.68. The molecule has 0 aliphatic rings. The van der Waals surface area contributed by atoms with Gasteiger partial charge < -0.3 is 14.6 Å². The summed E-state index contributed by atoms with van der Waals surface area (Å²) in [6, 6.07) is 10.5. The van der Waals surface area contributed by atoms with Crippen LogP contribution in [-0.2, 0) is 10.1 Å². The van der Waals surface area contributed by atoms with Gasteiger partial charge in [-0.15, -0.1) is 15.3 Å². The van der Waals surface area contributed by atoms with Crippen LogP contribution in [0.3, 0.4) is 0 Å². The van der Waals surface area contributed by atoms with E-state index in [0.717, 1.165) is 6.07 Å². The minimum absolute atomic E-state index is 0.0292. The number of phenols is 1. The number of aromatic hydroxyl groups is 1. The van der Waals surface area contributed by atoms with E-state index in [0.29, 0.717) is 5.69 Å². The largest absolute Gasteiger partial charge is 0.508 e. The Kier molecular flexibility index (Phi) is 7.37. The van der Waals surface area contributed by atoms with Gasteiger partial charge in [-0.1, -0.05) is 0 Å². The Morgan fingerprint density at radius 2 is 1.51 bits per heavy atom. The SMILES string of the molecule is COc1cc(N=Nc2cc(OC)c(N=Nc3ccc(O)cc3)cc2S(=O)(=O)O)c(C)c([N+](=O)[O-])c1. The van der Waals surface area contributed by atoms with Gasteiger partial charge in [0.2, 0.25) is 0 Å². The second-order valence-electron chi connectivity index (χ2n) is 6.93. The van der Waals surface area contributed by atoms with Gasteiger partial charge >= 0.3 is 0 Å². The average Bonchev–Trinajstić information content (AvgIpc) is 2.82. The molecule has 0 aliphatic heterocycles. The monoisotopic (exact) mass is 501 g/mol. The van der Waals surface area contributed by atoms with Crippen molar-refractivity contribution in [2.75, 3.05) is 14.2 Å². The Morgan fingerprint density at radius 3 is 2.09 bits per heavy atom. The normalized spacial score (nSPS) is 11.8. The minimum Gasteiger partial charge on any atom is -0.508 e. The van der Waals surface area contributed by atoms with Crippen LogP contribution in [0.1, 0.15) is 5.56 Å². The number of nitro benzene ring substituents is 1. The van der Waals surface area contributed by atoms with E-state index in [4.69, 9.17) is 9.47 Å². The summed E-state index contributed by atoms with van der Waals surface area (Å²) in [7, 11) is -2.17. The Morgan fingerprint density at radius 1 is 0.886 bits per heavy atom. The number of phenolic OH excluding ortho intramolecular Hbond substituents is 1. The van der Waals surface area contributed by atoms with Crippen LogP contribution in [0.2, 0.25) is 0 Å². The molecule has 2 N–H and O–H groups in total. The van der Waals surface area contributed by atoms with Crippen LogP contribution in [0.25, 0.3) is 0 Å². The molecule has 182 valence electrons. The molecule has 13 nitrogen and oxygen atoms in total. The van der Waals surface area contributed by atoms with Crippen molar-refractivity contribution in [2.24, 2.45) is 20.5 Å². The van der Waals surface area contributed by atoms with Crippen LogP contribution < -0.4 is 9.47 Å². The van der Waals surface area contributed by atoms with Crippen molar-refractivity contribution in [3.63, 3.8) is 0 Å². The number of hydrogen-bond acceptors (Lipinski definition) is 11. The lowest BCUT2D eigenvalue weighted by Gasteiger charge is -2.09. The fourth-order valence-corrected chi connectivity index (χ4v) is 3.50. The van der Waals surface area contributed by atoms with Crippen LogP contribution in [0.5, 0.6) is 17.2 Å². The smallest absolute Gasteiger partial charge is 0.296 e. The highest BCUT2D eigenvalue weighted by Crippen LogP contribution is 2.40. The van der Waals surface area contributed by atoms with Gasteiger partial charge in [0.1, 0.15) is 33.5 Å². The van der Waals surface area contributed by atoms with Crippen molar-refractivity contribution in [1.82, 2.24) is 0 Å². The third-order valence-electron chi connectivity index (χ3n) is 4.69. The van der Waals surface area contributed by atoms with Crippen LogP contribution in [0.15, 0.2) is 73.9 Å². The summed E-state index contributed by atoms with van der Waals surface area (Å²) in [4.78, 5) is 10.1. The van der Waals surface area contributed by atoms with Crippen molar-refractivity contribution in [3.8, 4) is 17.2 Å². The zero-order valence-corrected chi connectivity index (χ0v) is 19.4. The van der Waals surface area contributed by atoms with Crippen molar-refractivity contribution < 1.29 is 32.5 Å². The van der Waals surface area contributed by atoms with E-state index < -0.39 is 19.9 Å². The molecule has 0 unspecified atom stereocenters. The standard InChI is InChI=1S/C21H19N5O8S/c1-12-16(8-15(33-2)9-19(12)26(28)29)23-25-18-10-20(34-3)17(11-21(18)35(30,31)32)24-22-13-4-6-14(27)7-5-13/h4-11,27H,1-3H3,(H,30,31,32). The van der Waals surface area contributed by atoms with Crippen LogP contribution >= 0.6 is 0 Å². The molecule has 35 heavy (non-hydrogen) atoms. The van der Waals surface area contributed by atoms with E-state index in [1.54, 1.807) is 0 Å². The minimum atomic E-state index is -4.80. The van der Waals surface area contributed by atoms with E-state index in [2.05, 4.69) is 20.5 Å². The first-order valence-corrected chi connectivity index (χ1v) is 11.1. The van der Waals surface area contributed by atoms with E-state index in [1.807, 2.05) is 0 Å². The molecule has 0 aliphatic carbocycles. The maximum absolute atomic E-state index is 12.0. The number of benzene rings is 3. The first-order chi connectivity index (χ1) is 16.5. The number of methoxy groups -OCH3 is 2. The molecule has 0 saturated carbocycles. The van der Waals surface area contributed by atoms with Crippen molar-refractivity contribution >= 4 is 38.6 Å². The molecule has 3 aromatic rings. The van der Waals surface area contributed by atoms with Crippen molar-refractivity contribution in [2.45, 2.75) is 11.8 Å². The molecule has 14 heteroatoms. The summed E-state index contributed by atoms with van der Waals surface area (Å²) in [5, 5.41) is 36.4. The molecule has 0 aromatic heterocycles. The van der Waals surface area contributed by atoms with E-state index in [1.165, 1.54) is 63.6 Å². The summed E-state index contributed by atoms with van der Waals surface area (Å²) in [6.45, 7) is 1.45. The van der Waals surface area contributed by atoms with Crippen molar-refractivity contribution in [1.29, 1.82) is 0 Å². The maximum atomic E-state index is 12.0. The summed E-state index contributed by atoms with van der Waals surface area (Å²) in [5.41, 5.74) is -0.0437. The fourth-order valence-electron chi connectivity index (χ4n) is 2.87. The second kappa shape index (κ2) is 10.2. The zero-order valence-electron chi connectivity index (χ0n) is 18.6. The predicted molar refractivity (Wildman–Crippen MR) is 124 cm³/mol. The molecule has 0 fully saturated rings. The third kappa shape index (κ3) is 5.93. The predicted octanol–water partition coefficient (Wildman–Crippen LogP) is 5.70. The highest BCUT2D eigenvalue weighted by atomic mass is 32.2. The molecule has 0 spiro atoms. The maximum Gasteiger partial charge on any atom is 0.296 e. The van der Waals surface area contributed by atoms with Gasteiger partial charge in [0, 0.05) is 12.1 Å². The number of nitrogens with zero attached hydrogens (tertiary/aromatic N) is 5. The Balaban J connectivity index is 2.11. The van der Waals surface area contributed by atoms with E-state index >= 15 is 0 Å². The summed E-state index contributed by atoms with van der Waals surface area (Å²) in [6.07, 6.45) is 0. The Labute approximate surface area is 199 Å². The molecule has 0 saturated heterocycles. The highest BCUT2D eigenvalue weighted by Gasteiger charge is 2.21. The van der Waals surface area contributed by atoms with Crippen LogP contribution in [-0.4, -0.2) is 37.2 Å². The fraction of sp³-hybridized carbons (Fsp3) is 0.143. The zero-order chi connectivity index (χ0) is 25.8. The molecule has 0 atom stereocenters. The lowest BCUT2D eigenvalue weighted by atomic mass is 10.1. The Bertz CT molecular complexity index is 1440. The van der Waals surface area contributed by atoms with Crippen LogP contribution in [0, 0.1) is 17.0 Å². The first kappa shape index (κ1) is 25.2. The molecule has 3 aromatic carbocycles. The topological polar surface area (TPSA) is 186 Å². The van der Waals surface area contributed by atoms with Crippen LogP contribution in [0.4, 0.5) is 28.4 Å². The third-order valence-corrected chi connectivity index (χ3v) is 5.57. The molecule has 0 radical (unpaired) electrons. The van der Waals surface area contributed by atoms with Gasteiger partial charge in [-0.25, -0.2) is 0 Å². The number of hydrogen-bond donors (Lipinski definition) is 2. The summed E-state index contributed by atoms with van der Waals surface area (Å²) in [5.74, 6) is 0.234. The number of ether oxygens (including phenoxy) is 2. The lowest BCUT2D eigenvalue weighted by Crippen LogP contribution is -1.99. The number of azo groups is 2. The number of nitro groups is 1. The van der Waals surface area contributed by atoms with Gasteiger partial charge in [0.05, 0.1) is 42.1 Å².